The number of carbonyl (C=O) groups is 1. The lowest BCUT2D eigenvalue weighted by Gasteiger charge is -2.27. The van der Waals surface area contributed by atoms with E-state index in [1.807, 2.05) is 36.4 Å². The molecule has 1 aliphatic heterocycles. The van der Waals surface area contributed by atoms with Crippen molar-refractivity contribution in [1.29, 1.82) is 0 Å². The first kappa shape index (κ1) is 14.4. The monoisotopic (exact) mass is 296 g/mol. The van der Waals surface area contributed by atoms with Crippen molar-refractivity contribution >= 4 is 11.6 Å². The summed E-state index contributed by atoms with van der Waals surface area (Å²) < 4.78 is 5.67. The molecule has 114 valence electrons. The molecule has 0 saturated carbocycles. The van der Waals surface area contributed by atoms with Gasteiger partial charge in [0.2, 0.25) is 5.91 Å². The number of nitrogens with one attached hydrogen (secondary N) is 2. The van der Waals surface area contributed by atoms with Gasteiger partial charge in [0.1, 0.15) is 12.4 Å². The summed E-state index contributed by atoms with van der Waals surface area (Å²) in [5.41, 5.74) is 3.28. The Balaban J connectivity index is 1.49. The van der Waals surface area contributed by atoms with Gasteiger partial charge in [-0.2, -0.15) is 0 Å². The highest BCUT2D eigenvalue weighted by molar-refractivity contribution is 5.77. The van der Waals surface area contributed by atoms with Crippen molar-refractivity contribution in [2.45, 2.75) is 25.9 Å². The molecule has 0 unspecified atom stereocenters. The molecule has 4 nitrogen and oxygen atoms in total. The van der Waals surface area contributed by atoms with Crippen molar-refractivity contribution < 1.29 is 9.53 Å². The lowest BCUT2D eigenvalue weighted by molar-refractivity contribution is -0.121. The molecule has 0 aromatic heterocycles. The van der Waals surface area contributed by atoms with Crippen LogP contribution in [0.5, 0.6) is 5.75 Å². The maximum atomic E-state index is 12.1. The van der Waals surface area contributed by atoms with Crippen molar-refractivity contribution in [3.8, 4) is 5.75 Å². The topological polar surface area (TPSA) is 50.4 Å². The third kappa shape index (κ3) is 3.58. The van der Waals surface area contributed by atoms with Gasteiger partial charge in [-0.05, 0) is 24.6 Å². The summed E-state index contributed by atoms with van der Waals surface area (Å²) in [6.45, 7) is 3.12. The number of amides is 1. The molecule has 2 aromatic rings. The van der Waals surface area contributed by atoms with Crippen molar-refractivity contribution in [1.82, 2.24) is 5.32 Å². The Morgan fingerprint density at radius 1 is 1.23 bits per heavy atom. The fourth-order valence-corrected chi connectivity index (χ4v) is 2.48. The summed E-state index contributed by atoms with van der Waals surface area (Å²) in [5.74, 6) is 0.875. The van der Waals surface area contributed by atoms with Crippen molar-refractivity contribution in [3.63, 3.8) is 0 Å². The van der Waals surface area contributed by atoms with Crippen LogP contribution in [0.2, 0.25) is 0 Å². The van der Waals surface area contributed by atoms with Gasteiger partial charge < -0.3 is 15.4 Å². The molecule has 4 heteroatoms. The zero-order chi connectivity index (χ0) is 15.4. The second-order valence-electron chi connectivity index (χ2n) is 5.61. The summed E-state index contributed by atoms with van der Waals surface area (Å²) in [6.07, 6.45) is 0.403. The molecule has 2 N–H and O–H groups in total. The zero-order valence-electron chi connectivity index (χ0n) is 12.6. The van der Waals surface area contributed by atoms with Gasteiger partial charge in [-0.1, -0.05) is 42.0 Å². The van der Waals surface area contributed by atoms with E-state index in [4.69, 9.17) is 4.74 Å². The predicted molar refractivity (Wildman–Crippen MR) is 87.0 cm³/mol. The smallest absolute Gasteiger partial charge is 0.222 e. The molecule has 0 fully saturated rings. The average Bonchev–Trinajstić information content (AvgIpc) is 2.54. The van der Waals surface area contributed by atoms with E-state index in [-0.39, 0.29) is 11.9 Å². The van der Waals surface area contributed by atoms with E-state index < -0.39 is 0 Å². The van der Waals surface area contributed by atoms with Crippen LogP contribution in [-0.4, -0.2) is 18.6 Å². The highest BCUT2D eigenvalue weighted by Crippen LogP contribution is 2.28. The second-order valence-corrected chi connectivity index (χ2v) is 5.61. The number of para-hydroxylation sites is 2. The van der Waals surface area contributed by atoms with Crippen molar-refractivity contribution in [2.24, 2.45) is 0 Å². The number of ether oxygens (including phenoxy) is 1. The van der Waals surface area contributed by atoms with E-state index >= 15 is 0 Å². The summed E-state index contributed by atoms with van der Waals surface area (Å²) in [7, 11) is 0. The molecule has 22 heavy (non-hydrogen) atoms. The molecule has 0 radical (unpaired) electrons. The molecule has 0 bridgehead atoms. The number of hydrogen-bond acceptors (Lipinski definition) is 3. The van der Waals surface area contributed by atoms with E-state index in [2.05, 4.69) is 29.7 Å². The summed E-state index contributed by atoms with van der Waals surface area (Å²) in [5, 5.41) is 6.30. The average molecular weight is 296 g/mol. The number of rotatable bonds is 4. The van der Waals surface area contributed by atoms with Crippen LogP contribution < -0.4 is 15.4 Å². The normalized spacial score (nSPS) is 16.1. The molecule has 1 atom stereocenters. The number of carbonyl (C=O) groups excluding carboxylic acids is 1. The number of hydrogen-bond donors (Lipinski definition) is 2. The third-order valence-corrected chi connectivity index (χ3v) is 3.73. The number of benzene rings is 2. The first-order valence-corrected chi connectivity index (χ1v) is 7.51. The Labute approximate surface area is 130 Å². The number of aryl methyl sites for hydroxylation is 1. The molecule has 1 aliphatic rings. The van der Waals surface area contributed by atoms with E-state index in [0.717, 1.165) is 17.0 Å². The molecule has 1 heterocycles. The van der Waals surface area contributed by atoms with Crippen LogP contribution in [0.1, 0.15) is 17.5 Å². The molecule has 1 amide bonds. The molecule has 0 saturated heterocycles. The van der Waals surface area contributed by atoms with E-state index in [1.165, 1.54) is 5.56 Å². The molecular weight excluding hydrogens is 276 g/mol. The Bertz CT molecular complexity index is 652. The van der Waals surface area contributed by atoms with Crippen molar-refractivity contribution in [3.05, 3.63) is 59.7 Å². The van der Waals surface area contributed by atoms with Gasteiger partial charge >= 0.3 is 0 Å². The Hall–Kier alpha value is -2.49. The van der Waals surface area contributed by atoms with Crippen LogP contribution in [0.3, 0.4) is 0 Å². The fraction of sp³-hybridized carbons (Fsp3) is 0.278. The van der Waals surface area contributed by atoms with Gasteiger partial charge in [-0.15, -0.1) is 0 Å². The van der Waals surface area contributed by atoms with Gasteiger partial charge in [0.15, 0.2) is 0 Å². The fourth-order valence-electron chi connectivity index (χ4n) is 2.48. The van der Waals surface area contributed by atoms with Crippen LogP contribution in [-0.2, 0) is 11.3 Å². The van der Waals surface area contributed by atoms with E-state index in [1.54, 1.807) is 0 Å². The molecule has 0 spiro atoms. The Morgan fingerprint density at radius 3 is 2.82 bits per heavy atom. The summed E-state index contributed by atoms with van der Waals surface area (Å²) >= 11 is 0. The predicted octanol–water partition coefficient (Wildman–Crippen LogP) is 2.87. The third-order valence-electron chi connectivity index (χ3n) is 3.73. The van der Waals surface area contributed by atoms with Gasteiger partial charge in [0.05, 0.1) is 18.2 Å². The Morgan fingerprint density at radius 2 is 2.00 bits per heavy atom. The van der Waals surface area contributed by atoms with Crippen LogP contribution in [0.25, 0.3) is 0 Å². The van der Waals surface area contributed by atoms with Crippen LogP contribution in [0.4, 0.5) is 5.69 Å². The van der Waals surface area contributed by atoms with Crippen LogP contribution >= 0.6 is 0 Å². The maximum Gasteiger partial charge on any atom is 0.222 e. The molecular formula is C18H20N2O2. The first-order valence-electron chi connectivity index (χ1n) is 7.51. The lowest BCUT2D eigenvalue weighted by atomic mass is 10.1. The van der Waals surface area contributed by atoms with Gasteiger partial charge in [-0.25, -0.2) is 0 Å². The quantitative estimate of drug-likeness (QED) is 0.912. The highest BCUT2D eigenvalue weighted by Gasteiger charge is 2.20. The first-order chi connectivity index (χ1) is 10.7. The largest absolute Gasteiger partial charge is 0.489 e. The summed E-state index contributed by atoms with van der Waals surface area (Å²) in [6, 6.07) is 16.0. The summed E-state index contributed by atoms with van der Waals surface area (Å²) in [4.78, 5) is 12.1. The Kier molecular flexibility index (Phi) is 4.28. The molecule has 0 aliphatic carbocycles. The minimum atomic E-state index is 0.00733. The van der Waals surface area contributed by atoms with Gasteiger partial charge in [0.25, 0.3) is 0 Å². The number of anilines is 1. The van der Waals surface area contributed by atoms with Gasteiger partial charge in [0, 0.05) is 6.54 Å². The SMILES string of the molecule is Cc1ccc(CNC(=O)C[C@@H]2COc3ccccc3N2)cc1. The van der Waals surface area contributed by atoms with Crippen molar-refractivity contribution in [2.75, 3.05) is 11.9 Å². The second kappa shape index (κ2) is 6.52. The van der Waals surface area contributed by atoms with E-state index in [9.17, 15) is 4.79 Å². The van der Waals surface area contributed by atoms with Crippen LogP contribution in [0.15, 0.2) is 48.5 Å². The highest BCUT2D eigenvalue weighted by atomic mass is 16.5. The standard InChI is InChI=1S/C18H20N2O2/c1-13-6-8-14(9-7-13)11-19-18(21)10-15-12-22-17-5-3-2-4-16(17)20-15/h2-9,15,20H,10-12H2,1H3,(H,19,21)/t15-/m1/s1. The zero-order valence-corrected chi connectivity index (χ0v) is 12.6. The minimum Gasteiger partial charge on any atom is -0.489 e. The minimum absolute atomic E-state index is 0.00733. The molecule has 3 rings (SSSR count). The lowest BCUT2D eigenvalue weighted by Crippen LogP contribution is -2.37. The number of fused-ring (bicyclic) bond motifs is 1. The maximum absolute atomic E-state index is 12.1. The van der Waals surface area contributed by atoms with Gasteiger partial charge in [-0.3, -0.25) is 4.79 Å². The van der Waals surface area contributed by atoms with Crippen LogP contribution in [0, 0.1) is 6.92 Å². The van der Waals surface area contributed by atoms with E-state index in [0.29, 0.717) is 19.6 Å². The molecule has 2 aromatic carbocycles.